The molecular weight excluding hydrogens is 314 g/mol. The number of esters is 1. The van der Waals surface area contributed by atoms with Gasteiger partial charge >= 0.3 is 5.97 Å². The van der Waals surface area contributed by atoms with Crippen molar-refractivity contribution in [2.75, 3.05) is 0 Å². The Bertz CT molecular complexity index is 825. The summed E-state index contributed by atoms with van der Waals surface area (Å²) in [6, 6.07) is 15.0. The average Bonchev–Trinajstić information content (AvgIpc) is 3.53. The molecule has 2 heterocycles. The summed E-state index contributed by atoms with van der Waals surface area (Å²) in [4.78, 5) is 25.4. The van der Waals surface area contributed by atoms with Crippen LogP contribution >= 0.6 is 0 Å². The third kappa shape index (κ3) is 3.55. The minimum Gasteiger partial charge on any atom is -0.448 e. The highest BCUT2D eigenvalue weighted by molar-refractivity contribution is 5.87. The zero-order chi connectivity index (χ0) is 17.1. The third-order valence-electron chi connectivity index (χ3n) is 4.14. The molecule has 0 N–H and O–H groups in total. The van der Waals surface area contributed by atoms with E-state index < -0.39 is 12.1 Å². The molecule has 25 heavy (non-hydrogen) atoms. The lowest BCUT2D eigenvalue weighted by Gasteiger charge is -2.18. The smallest absolute Gasteiger partial charge is 0.358 e. The molecule has 4 rings (SSSR count). The maximum Gasteiger partial charge on any atom is 0.358 e. The van der Waals surface area contributed by atoms with Gasteiger partial charge in [-0.1, -0.05) is 36.4 Å². The normalized spacial score (nSPS) is 14.7. The summed E-state index contributed by atoms with van der Waals surface area (Å²) in [7, 11) is 0. The Kier molecular flexibility index (Phi) is 4.21. The van der Waals surface area contributed by atoms with E-state index in [2.05, 4.69) is 15.0 Å². The number of benzene rings is 1. The Morgan fingerprint density at radius 3 is 2.52 bits per heavy atom. The van der Waals surface area contributed by atoms with E-state index in [4.69, 9.17) is 4.74 Å². The van der Waals surface area contributed by atoms with E-state index in [1.165, 1.54) is 0 Å². The Hall–Kier alpha value is -3.08. The van der Waals surface area contributed by atoms with Gasteiger partial charge in [0.25, 0.3) is 0 Å². The average molecular weight is 331 g/mol. The molecule has 0 unspecified atom stereocenters. The molecule has 1 saturated carbocycles. The van der Waals surface area contributed by atoms with E-state index in [1.54, 1.807) is 24.7 Å². The standard InChI is InChI=1S/C20H17N3O2/c24-20(17-10-12-22-19(23-17)15-8-9-15)25-18(14-5-2-1-3-6-14)16-7-4-11-21-13-16/h1-7,10-13,15,18H,8-9H2/t18-/m0/s1. The lowest BCUT2D eigenvalue weighted by atomic mass is 10.0. The van der Waals surface area contributed by atoms with E-state index in [1.807, 2.05) is 42.5 Å². The molecule has 0 amide bonds. The SMILES string of the molecule is O=C(O[C@@H](c1ccccc1)c1cccnc1)c1ccnc(C2CC2)n1. The minimum atomic E-state index is -0.526. The molecule has 1 aliphatic rings. The van der Waals surface area contributed by atoms with Crippen molar-refractivity contribution in [2.24, 2.45) is 0 Å². The van der Waals surface area contributed by atoms with Gasteiger partial charge in [-0.3, -0.25) is 4.98 Å². The molecule has 1 aromatic carbocycles. The molecule has 2 aromatic heterocycles. The Morgan fingerprint density at radius 1 is 1.00 bits per heavy atom. The summed E-state index contributed by atoms with van der Waals surface area (Å²) < 4.78 is 5.79. The van der Waals surface area contributed by atoms with Gasteiger partial charge in [-0.05, 0) is 30.5 Å². The Morgan fingerprint density at radius 2 is 1.80 bits per heavy atom. The number of hydrogen-bond donors (Lipinski definition) is 0. The highest BCUT2D eigenvalue weighted by atomic mass is 16.5. The summed E-state index contributed by atoms with van der Waals surface area (Å²) in [5, 5.41) is 0. The number of carbonyl (C=O) groups excluding carboxylic acids is 1. The van der Waals surface area contributed by atoms with Crippen LogP contribution in [0.25, 0.3) is 0 Å². The summed E-state index contributed by atoms with van der Waals surface area (Å²) in [5.74, 6) is 0.657. The van der Waals surface area contributed by atoms with Gasteiger partial charge < -0.3 is 4.74 Å². The van der Waals surface area contributed by atoms with Gasteiger partial charge in [-0.25, -0.2) is 14.8 Å². The highest BCUT2D eigenvalue weighted by Gasteiger charge is 2.28. The first kappa shape index (κ1) is 15.4. The van der Waals surface area contributed by atoms with Crippen LogP contribution in [0.2, 0.25) is 0 Å². The van der Waals surface area contributed by atoms with Crippen LogP contribution in [0, 0.1) is 0 Å². The van der Waals surface area contributed by atoms with Crippen LogP contribution < -0.4 is 0 Å². The van der Waals surface area contributed by atoms with Crippen LogP contribution in [0.1, 0.15) is 52.3 Å². The van der Waals surface area contributed by atoms with Crippen LogP contribution in [-0.4, -0.2) is 20.9 Å². The highest BCUT2D eigenvalue weighted by Crippen LogP contribution is 2.37. The Balaban J connectivity index is 1.62. The van der Waals surface area contributed by atoms with Crippen molar-refractivity contribution < 1.29 is 9.53 Å². The molecular formula is C20H17N3O2. The summed E-state index contributed by atoms with van der Waals surface area (Å²) >= 11 is 0. The van der Waals surface area contributed by atoms with Gasteiger partial charge in [0.05, 0.1) is 0 Å². The van der Waals surface area contributed by atoms with Crippen molar-refractivity contribution >= 4 is 5.97 Å². The van der Waals surface area contributed by atoms with Crippen molar-refractivity contribution in [3.8, 4) is 0 Å². The van der Waals surface area contributed by atoms with Crippen LogP contribution in [0.5, 0.6) is 0 Å². The van der Waals surface area contributed by atoms with Crippen molar-refractivity contribution in [3.05, 3.63) is 89.8 Å². The topological polar surface area (TPSA) is 65.0 Å². The van der Waals surface area contributed by atoms with E-state index in [9.17, 15) is 4.79 Å². The minimum absolute atomic E-state index is 0.293. The summed E-state index contributed by atoms with van der Waals surface area (Å²) in [6.45, 7) is 0. The lowest BCUT2D eigenvalue weighted by molar-refractivity contribution is 0.0370. The molecule has 1 fully saturated rings. The fraction of sp³-hybridized carbons (Fsp3) is 0.200. The van der Waals surface area contributed by atoms with Gasteiger partial charge in [-0.15, -0.1) is 0 Å². The fourth-order valence-corrected chi connectivity index (χ4v) is 2.68. The molecule has 0 saturated heterocycles. The van der Waals surface area contributed by atoms with E-state index >= 15 is 0 Å². The van der Waals surface area contributed by atoms with Crippen LogP contribution in [0.4, 0.5) is 0 Å². The summed E-state index contributed by atoms with van der Waals surface area (Å²) in [5.41, 5.74) is 2.00. The van der Waals surface area contributed by atoms with Gasteiger partial charge in [-0.2, -0.15) is 0 Å². The number of nitrogens with zero attached hydrogens (tertiary/aromatic N) is 3. The van der Waals surface area contributed by atoms with Gasteiger partial charge in [0.2, 0.25) is 0 Å². The van der Waals surface area contributed by atoms with E-state index in [0.717, 1.165) is 29.8 Å². The number of carbonyl (C=O) groups is 1. The predicted octanol–water partition coefficient (Wildman–Crippen LogP) is 3.70. The molecule has 5 heteroatoms. The number of aromatic nitrogens is 3. The number of pyridine rings is 1. The molecule has 124 valence electrons. The predicted molar refractivity (Wildman–Crippen MR) is 91.9 cm³/mol. The second-order valence-corrected chi connectivity index (χ2v) is 6.06. The maximum atomic E-state index is 12.7. The fourth-order valence-electron chi connectivity index (χ4n) is 2.68. The number of rotatable bonds is 5. The molecule has 5 nitrogen and oxygen atoms in total. The third-order valence-corrected chi connectivity index (χ3v) is 4.14. The van der Waals surface area contributed by atoms with Crippen molar-refractivity contribution in [2.45, 2.75) is 24.9 Å². The first-order valence-electron chi connectivity index (χ1n) is 8.30. The van der Waals surface area contributed by atoms with Crippen molar-refractivity contribution in [3.63, 3.8) is 0 Å². The van der Waals surface area contributed by atoms with Gasteiger partial charge in [0, 0.05) is 30.1 Å². The second-order valence-electron chi connectivity index (χ2n) is 6.06. The molecule has 1 aliphatic carbocycles. The number of hydrogen-bond acceptors (Lipinski definition) is 5. The monoisotopic (exact) mass is 331 g/mol. The van der Waals surface area contributed by atoms with Crippen molar-refractivity contribution in [1.29, 1.82) is 0 Å². The molecule has 0 aliphatic heterocycles. The molecule has 0 radical (unpaired) electrons. The van der Waals surface area contributed by atoms with Crippen molar-refractivity contribution in [1.82, 2.24) is 15.0 Å². The van der Waals surface area contributed by atoms with Crippen LogP contribution in [-0.2, 0) is 4.74 Å². The molecule has 1 atom stereocenters. The quantitative estimate of drug-likeness (QED) is 0.667. The lowest BCUT2D eigenvalue weighted by Crippen LogP contribution is -2.15. The van der Waals surface area contributed by atoms with E-state index in [-0.39, 0.29) is 0 Å². The molecule has 0 bridgehead atoms. The first-order chi connectivity index (χ1) is 12.3. The van der Waals surface area contributed by atoms with Gasteiger partial charge in [0.15, 0.2) is 11.8 Å². The van der Waals surface area contributed by atoms with Crippen LogP contribution in [0.3, 0.4) is 0 Å². The van der Waals surface area contributed by atoms with Gasteiger partial charge in [0.1, 0.15) is 5.82 Å². The molecule has 0 spiro atoms. The Labute approximate surface area is 145 Å². The van der Waals surface area contributed by atoms with Crippen LogP contribution in [0.15, 0.2) is 67.1 Å². The number of ether oxygens (including phenoxy) is 1. The zero-order valence-electron chi connectivity index (χ0n) is 13.6. The zero-order valence-corrected chi connectivity index (χ0v) is 13.6. The second kappa shape index (κ2) is 6.81. The maximum absolute atomic E-state index is 12.7. The largest absolute Gasteiger partial charge is 0.448 e. The first-order valence-corrected chi connectivity index (χ1v) is 8.30. The van der Waals surface area contributed by atoms with E-state index in [0.29, 0.717) is 11.6 Å². The summed E-state index contributed by atoms with van der Waals surface area (Å²) in [6.07, 6.45) is 6.67. The molecule has 3 aromatic rings.